The Labute approximate surface area is 91.2 Å². The summed E-state index contributed by atoms with van der Waals surface area (Å²) in [6.45, 7) is 10.5. The first-order valence-corrected chi connectivity index (χ1v) is 5.38. The Morgan fingerprint density at radius 3 is 2.40 bits per heavy atom. The fraction of sp³-hybridized carbons (Fsp3) is 0.500. The highest BCUT2D eigenvalue weighted by Gasteiger charge is 2.17. The van der Waals surface area contributed by atoms with Gasteiger partial charge in [0.25, 0.3) is 0 Å². The summed E-state index contributed by atoms with van der Waals surface area (Å²) in [7, 11) is 0. The van der Waals surface area contributed by atoms with Gasteiger partial charge in [0.2, 0.25) is 0 Å². The molecule has 2 heterocycles. The van der Waals surface area contributed by atoms with Gasteiger partial charge in [-0.2, -0.15) is 5.10 Å². The van der Waals surface area contributed by atoms with Gasteiger partial charge in [-0.15, -0.1) is 0 Å². The van der Waals surface area contributed by atoms with E-state index in [9.17, 15) is 0 Å². The van der Waals surface area contributed by atoms with E-state index in [2.05, 4.69) is 36.9 Å². The van der Waals surface area contributed by atoms with Crippen LogP contribution in [0.15, 0.2) is 24.5 Å². The summed E-state index contributed by atoms with van der Waals surface area (Å²) < 4.78 is 1.89. The van der Waals surface area contributed by atoms with Gasteiger partial charge in [0.05, 0.1) is 0 Å². The highest BCUT2D eigenvalue weighted by atomic mass is 15.3. The van der Waals surface area contributed by atoms with Crippen LogP contribution < -0.4 is 0 Å². The molecule has 0 aliphatic rings. The normalized spacial score (nSPS) is 11.0. The van der Waals surface area contributed by atoms with Crippen molar-refractivity contribution in [3.8, 4) is 0 Å². The maximum Gasteiger partial charge on any atom is 0.155 e. The van der Waals surface area contributed by atoms with E-state index in [-0.39, 0.29) is 5.41 Å². The second-order valence-electron chi connectivity index (χ2n) is 4.19. The Morgan fingerprint density at radius 2 is 1.80 bits per heavy atom. The third kappa shape index (κ3) is 2.35. The number of hydrogen-bond acceptors (Lipinski definition) is 2. The van der Waals surface area contributed by atoms with Crippen molar-refractivity contribution in [3.63, 3.8) is 0 Å². The molecule has 0 radical (unpaired) electrons. The Kier molecular flexibility index (Phi) is 3.45. The van der Waals surface area contributed by atoms with Gasteiger partial charge in [-0.3, -0.25) is 0 Å². The van der Waals surface area contributed by atoms with Crippen LogP contribution >= 0.6 is 0 Å². The van der Waals surface area contributed by atoms with Gasteiger partial charge in [0, 0.05) is 11.1 Å². The number of hydrogen-bond donors (Lipinski definition) is 0. The predicted molar refractivity (Wildman–Crippen MR) is 63.0 cm³/mol. The molecule has 3 heteroatoms. The number of aromatic nitrogens is 3. The lowest BCUT2D eigenvalue weighted by molar-refractivity contribution is 0.548. The van der Waals surface area contributed by atoms with Crippen LogP contribution in [0.25, 0.3) is 5.65 Å². The molecule has 2 rings (SSSR count). The Bertz CT molecular complexity index is 424. The predicted octanol–water partition coefficient (Wildman–Crippen LogP) is 3.05. The van der Waals surface area contributed by atoms with E-state index in [4.69, 9.17) is 0 Å². The van der Waals surface area contributed by atoms with Gasteiger partial charge in [0.1, 0.15) is 6.33 Å². The molecular formula is C12H19N3. The monoisotopic (exact) mass is 205 g/mol. The molecule has 0 spiro atoms. The molecule has 0 bridgehead atoms. The quantitative estimate of drug-likeness (QED) is 0.661. The van der Waals surface area contributed by atoms with Gasteiger partial charge in [-0.1, -0.05) is 40.7 Å². The van der Waals surface area contributed by atoms with Crippen LogP contribution in [0.1, 0.15) is 40.3 Å². The molecule has 0 atom stereocenters. The van der Waals surface area contributed by atoms with E-state index in [0.29, 0.717) is 0 Å². The molecule has 0 saturated heterocycles. The molecule has 0 saturated carbocycles. The zero-order valence-electron chi connectivity index (χ0n) is 10.2. The lowest BCUT2D eigenvalue weighted by Crippen LogP contribution is -2.16. The topological polar surface area (TPSA) is 30.2 Å². The second kappa shape index (κ2) is 4.43. The van der Waals surface area contributed by atoms with E-state index in [1.165, 1.54) is 5.69 Å². The van der Waals surface area contributed by atoms with Crippen molar-refractivity contribution in [2.75, 3.05) is 0 Å². The van der Waals surface area contributed by atoms with E-state index in [1.807, 2.05) is 30.5 Å². The largest absolute Gasteiger partial charge is 0.217 e. The van der Waals surface area contributed by atoms with Crippen LogP contribution in [-0.2, 0) is 5.41 Å². The summed E-state index contributed by atoms with van der Waals surface area (Å²) in [6, 6.07) is 6.06. The molecule has 0 amide bonds. The molecule has 2 aromatic rings. The second-order valence-corrected chi connectivity index (χ2v) is 4.19. The summed E-state index contributed by atoms with van der Waals surface area (Å²) in [6.07, 6.45) is 1.59. The zero-order valence-corrected chi connectivity index (χ0v) is 10.2. The maximum absolute atomic E-state index is 4.19. The van der Waals surface area contributed by atoms with Crippen molar-refractivity contribution in [1.29, 1.82) is 0 Å². The minimum atomic E-state index is 0.104. The Hall–Kier alpha value is -1.38. The van der Waals surface area contributed by atoms with Crippen LogP contribution in [0, 0.1) is 0 Å². The van der Waals surface area contributed by atoms with Crippen molar-refractivity contribution in [2.45, 2.75) is 40.0 Å². The SMILES string of the molecule is CC.CC(C)(C)c1cccc2ncnn12. The van der Waals surface area contributed by atoms with Crippen molar-refractivity contribution in [1.82, 2.24) is 14.6 Å². The van der Waals surface area contributed by atoms with E-state index in [1.54, 1.807) is 6.33 Å². The third-order valence-electron chi connectivity index (χ3n) is 2.07. The standard InChI is InChI=1S/C10H13N3.C2H6/c1-10(2,3)8-5-4-6-9-11-7-12-13(8)9;1-2/h4-7H,1-3H3;1-2H3. The molecular weight excluding hydrogens is 186 g/mol. The Balaban J connectivity index is 0.000000531. The van der Waals surface area contributed by atoms with E-state index in [0.717, 1.165) is 5.65 Å². The summed E-state index contributed by atoms with van der Waals surface area (Å²) in [5.41, 5.74) is 2.20. The maximum atomic E-state index is 4.19. The van der Waals surface area contributed by atoms with Crippen LogP contribution in [0.4, 0.5) is 0 Å². The highest BCUT2D eigenvalue weighted by molar-refractivity contribution is 5.38. The fourth-order valence-electron chi connectivity index (χ4n) is 1.41. The van der Waals surface area contributed by atoms with Gasteiger partial charge >= 0.3 is 0 Å². The lowest BCUT2D eigenvalue weighted by atomic mass is 9.92. The highest BCUT2D eigenvalue weighted by Crippen LogP contribution is 2.21. The van der Waals surface area contributed by atoms with Crippen molar-refractivity contribution < 1.29 is 0 Å². The van der Waals surface area contributed by atoms with Crippen LogP contribution in [-0.4, -0.2) is 14.6 Å². The molecule has 0 fully saturated rings. The molecule has 0 N–H and O–H groups in total. The first-order valence-electron chi connectivity index (χ1n) is 5.38. The smallest absolute Gasteiger partial charge is 0.155 e. The van der Waals surface area contributed by atoms with Crippen LogP contribution in [0.3, 0.4) is 0 Å². The van der Waals surface area contributed by atoms with Gasteiger partial charge in [0.15, 0.2) is 5.65 Å². The zero-order chi connectivity index (χ0) is 11.5. The third-order valence-corrected chi connectivity index (χ3v) is 2.07. The first-order chi connectivity index (χ1) is 7.09. The molecule has 0 unspecified atom stereocenters. The molecule has 2 aromatic heterocycles. The number of pyridine rings is 1. The minimum Gasteiger partial charge on any atom is -0.217 e. The van der Waals surface area contributed by atoms with Crippen molar-refractivity contribution in [2.24, 2.45) is 0 Å². The molecule has 0 aliphatic carbocycles. The average molecular weight is 205 g/mol. The summed E-state index contributed by atoms with van der Waals surface area (Å²) in [5.74, 6) is 0. The average Bonchev–Trinajstić information content (AvgIpc) is 2.66. The van der Waals surface area contributed by atoms with E-state index >= 15 is 0 Å². The van der Waals surface area contributed by atoms with Crippen molar-refractivity contribution >= 4 is 5.65 Å². The Morgan fingerprint density at radius 1 is 1.13 bits per heavy atom. The fourth-order valence-corrected chi connectivity index (χ4v) is 1.41. The van der Waals surface area contributed by atoms with Crippen LogP contribution in [0.5, 0.6) is 0 Å². The summed E-state index contributed by atoms with van der Waals surface area (Å²) in [4.78, 5) is 4.14. The molecule has 82 valence electrons. The van der Waals surface area contributed by atoms with Gasteiger partial charge in [-0.25, -0.2) is 9.50 Å². The molecule has 0 aromatic carbocycles. The minimum absolute atomic E-state index is 0.104. The number of fused-ring (bicyclic) bond motifs is 1. The van der Waals surface area contributed by atoms with E-state index < -0.39 is 0 Å². The van der Waals surface area contributed by atoms with Gasteiger partial charge in [-0.05, 0) is 12.1 Å². The summed E-state index contributed by atoms with van der Waals surface area (Å²) >= 11 is 0. The molecule has 15 heavy (non-hydrogen) atoms. The van der Waals surface area contributed by atoms with Crippen LogP contribution in [0.2, 0.25) is 0 Å². The van der Waals surface area contributed by atoms with Gasteiger partial charge < -0.3 is 0 Å². The van der Waals surface area contributed by atoms with Crippen molar-refractivity contribution in [3.05, 3.63) is 30.2 Å². The lowest BCUT2D eigenvalue weighted by Gasteiger charge is -2.19. The molecule has 0 aliphatic heterocycles. The first kappa shape index (κ1) is 11.7. The number of rotatable bonds is 0. The number of nitrogens with zero attached hydrogens (tertiary/aromatic N) is 3. The summed E-state index contributed by atoms with van der Waals surface area (Å²) in [5, 5.41) is 4.19. The molecule has 3 nitrogen and oxygen atoms in total.